The summed E-state index contributed by atoms with van der Waals surface area (Å²) in [5, 5.41) is 8.31. The van der Waals surface area contributed by atoms with Gasteiger partial charge in [-0.1, -0.05) is 13.8 Å². The van der Waals surface area contributed by atoms with Crippen LogP contribution in [0.15, 0.2) is 6.20 Å². The Kier molecular flexibility index (Phi) is 2.48. The van der Waals surface area contributed by atoms with E-state index in [-0.39, 0.29) is 18.8 Å². The fraction of sp³-hybridized carbons (Fsp3) is 0.800. The first kappa shape index (κ1) is 10.5. The van der Waals surface area contributed by atoms with Crippen LogP contribution in [0.1, 0.15) is 38.3 Å². The van der Waals surface area contributed by atoms with E-state index in [2.05, 4.69) is 10.2 Å². The maximum Gasteiger partial charge on any atom is 0.248 e. The Balaban J connectivity index is 1.89. The van der Waals surface area contributed by atoms with Crippen molar-refractivity contribution in [2.45, 2.75) is 45.1 Å². The fourth-order valence-corrected chi connectivity index (χ4v) is 1.81. The SMILES string of the molecule is CC(C)c1cnn(CC2CC(F)(F)C2)n1. The van der Waals surface area contributed by atoms with Gasteiger partial charge in [0.2, 0.25) is 5.92 Å². The molecule has 0 bridgehead atoms. The maximum atomic E-state index is 12.6. The molecule has 1 aromatic rings. The van der Waals surface area contributed by atoms with E-state index in [1.54, 1.807) is 6.20 Å². The van der Waals surface area contributed by atoms with Crippen LogP contribution in [-0.2, 0) is 6.54 Å². The van der Waals surface area contributed by atoms with Crippen molar-refractivity contribution >= 4 is 0 Å². The van der Waals surface area contributed by atoms with E-state index >= 15 is 0 Å². The number of hydrogen-bond acceptors (Lipinski definition) is 2. The molecule has 1 aliphatic carbocycles. The molecule has 0 unspecified atom stereocenters. The molecule has 1 saturated carbocycles. The minimum Gasteiger partial charge on any atom is -0.207 e. The first-order valence-electron chi connectivity index (χ1n) is 5.24. The van der Waals surface area contributed by atoms with Crippen molar-refractivity contribution in [3.05, 3.63) is 11.9 Å². The number of rotatable bonds is 3. The molecule has 0 aromatic carbocycles. The lowest BCUT2D eigenvalue weighted by molar-refractivity contribution is -0.115. The van der Waals surface area contributed by atoms with Gasteiger partial charge in [0.25, 0.3) is 0 Å². The highest BCUT2D eigenvalue weighted by Crippen LogP contribution is 2.42. The van der Waals surface area contributed by atoms with Crippen LogP contribution in [0.25, 0.3) is 0 Å². The molecule has 3 nitrogen and oxygen atoms in total. The van der Waals surface area contributed by atoms with E-state index in [9.17, 15) is 8.78 Å². The van der Waals surface area contributed by atoms with Gasteiger partial charge >= 0.3 is 0 Å². The molecule has 1 aliphatic rings. The van der Waals surface area contributed by atoms with Crippen molar-refractivity contribution in [3.63, 3.8) is 0 Å². The molecule has 2 rings (SSSR count). The van der Waals surface area contributed by atoms with Gasteiger partial charge in [-0.3, -0.25) is 0 Å². The molecule has 1 aromatic heterocycles. The van der Waals surface area contributed by atoms with Gasteiger partial charge in [-0.15, -0.1) is 0 Å². The highest BCUT2D eigenvalue weighted by atomic mass is 19.3. The molecular formula is C10H15F2N3. The van der Waals surface area contributed by atoms with Crippen molar-refractivity contribution in [1.29, 1.82) is 0 Å². The quantitative estimate of drug-likeness (QED) is 0.775. The molecule has 1 heterocycles. The average molecular weight is 215 g/mol. The van der Waals surface area contributed by atoms with Gasteiger partial charge in [-0.2, -0.15) is 15.0 Å². The minimum absolute atomic E-state index is 0.0223. The topological polar surface area (TPSA) is 30.7 Å². The third-order valence-corrected chi connectivity index (χ3v) is 2.74. The minimum atomic E-state index is -2.45. The maximum absolute atomic E-state index is 12.6. The number of hydrogen-bond donors (Lipinski definition) is 0. The number of aromatic nitrogens is 3. The van der Waals surface area contributed by atoms with Crippen molar-refractivity contribution < 1.29 is 8.78 Å². The van der Waals surface area contributed by atoms with Crippen LogP contribution in [0.3, 0.4) is 0 Å². The van der Waals surface area contributed by atoms with Crippen molar-refractivity contribution in [3.8, 4) is 0 Å². The molecule has 0 atom stereocenters. The van der Waals surface area contributed by atoms with Gasteiger partial charge in [-0.25, -0.2) is 8.78 Å². The molecular weight excluding hydrogens is 200 g/mol. The second-order valence-corrected chi connectivity index (χ2v) is 4.61. The van der Waals surface area contributed by atoms with Crippen LogP contribution in [0, 0.1) is 5.92 Å². The van der Waals surface area contributed by atoms with Crippen LogP contribution in [-0.4, -0.2) is 20.9 Å². The zero-order valence-corrected chi connectivity index (χ0v) is 8.95. The summed E-state index contributed by atoms with van der Waals surface area (Å²) in [6.07, 6.45) is 1.67. The van der Waals surface area contributed by atoms with E-state index in [4.69, 9.17) is 0 Å². The predicted molar refractivity (Wildman–Crippen MR) is 51.8 cm³/mol. The van der Waals surface area contributed by atoms with E-state index < -0.39 is 5.92 Å². The van der Waals surface area contributed by atoms with Gasteiger partial charge in [0.1, 0.15) is 0 Å². The summed E-state index contributed by atoms with van der Waals surface area (Å²) in [6, 6.07) is 0. The molecule has 84 valence electrons. The lowest BCUT2D eigenvalue weighted by atomic mass is 9.81. The van der Waals surface area contributed by atoms with Crippen LogP contribution in [0.2, 0.25) is 0 Å². The molecule has 5 heteroatoms. The molecule has 0 radical (unpaired) electrons. The van der Waals surface area contributed by atoms with Gasteiger partial charge in [-0.05, 0) is 11.8 Å². The number of alkyl halides is 2. The Morgan fingerprint density at radius 1 is 1.53 bits per heavy atom. The predicted octanol–water partition coefficient (Wildman–Crippen LogP) is 2.45. The molecule has 15 heavy (non-hydrogen) atoms. The standard InChI is InChI=1S/C10H15F2N3/c1-7(2)9-5-13-15(14-9)6-8-3-10(11,12)4-8/h5,7-8H,3-4,6H2,1-2H3. The zero-order chi connectivity index (χ0) is 11.1. The van der Waals surface area contributed by atoms with Gasteiger partial charge in [0.05, 0.1) is 18.4 Å². The van der Waals surface area contributed by atoms with Crippen LogP contribution < -0.4 is 0 Å². The lowest BCUT2D eigenvalue weighted by Gasteiger charge is -2.34. The first-order valence-corrected chi connectivity index (χ1v) is 5.24. The molecule has 0 aliphatic heterocycles. The first-order chi connectivity index (χ1) is 6.96. The highest BCUT2D eigenvalue weighted by molar-refractivity contribution is 4.97. The second kappa shape index (κ2) is 3.54. The monoisotopic (exact) mass is 215 g/mol. The van der Waals surface area contributed by atoms with Crippen LogP contribution >= 0.6 is 0 Å². The Morgan fingerprint density at radius 2 is 2.20 bits per heavy atom. The largest absolute Gasteiger partial charge is 0.248 e. The zero-order valence-electron chi connectivity index (χ0n) is 8.95. The second-order valence-electron chi connectivity index (χ2n) is 4.61. The van der Waals surface area contributed by atoms with Crippen LogP contribution in [0.5, 0.6) is 0 Å². The van der Waals surface area contributed by atoms with E-state index in [1.807, 2.05) is 13.8 Å². The summed E-state index contributed by atoms with van der Waals surface area (Å²) in [5.74, 6) is -2.08. The van der Waals surface area contributed by atoms with Gasteiger partial charge in [0, 0.05) is 12.8 Å². The smallest absolute Gasteiger partial charge is 0.207 e. The van der Waals surface area contributed by atoms with E-state index in [1.165, 1.54) is 4.80 Å². The average Bonchev–Trinajstić information content (AvgIpc) is 2.49. The molecule has 1 fully saturated rings. The number of halogens is 2. The highest BCUT2D eigenvalue weighted by Gasteiger charge is 2.45. The Morgan fingerprint density at radius 3 is 2.67 bits per heavy atom. The third-order valence-electron chi connectivity index (χ3n) is 2.74. The summed E-state index contributed by atoms with van der Waals surface area (Å²) in [7, 11) is 0. The summed E-state index contributed by atoms with van der Waals surface area (Å²) in [5.41, 5.74) is 0.918. The number of nitrogens with zero attached hydrogens (tertiary/aromatic N) is 3. The molecule has 0 spiro atoms. The van der Waals surface area contributed by atoms with Crippen molar-refractivity contribution in [2.24, 2.45) is 5.92 Å². The normalized spacial score (nSPS) is 20.6. The molecule has 0 N–H and O–H groups in total. The summed E-state index contributed by atoms with van der Waals surface area (Å²) in [6.45, 7) is 4.58. The van der Waals surface area contributed by atoms with Gasteiger partial charge < -0.3 is 0 Å². The summed E-state index contributed by atoms with van der Waals surface area (Å²) >= 11 is 0. The van der Waals surface area contributed by atoms with Crippen molar-refractivity contribution in [2.75, 3.05) is 0 Å². The van der Waals surface area contributed by atoms with Gasteiger partial charge in [0.15, 0.2) is 0 Å². The van der Waals surface area contributed by atoms with E-state index in [0.29, 0.717) is 12.5 Å². The Labute approximate surface area is 87.5 Å². The summed E-state index contributed by atoms with van der Waals surface area (Å²) in [4.78, 5) is 1.54. The Bertz CT molecular complexity index is 338. The third kappa shape index (κ3) is 2.33. The fourth-order valence-electron chi connectivity index (χ4n) is 1.81. The summed E-state index contributed by atoms with van der Waals surface area (Å²) < 4.78 is 25.1. The molecule has 0 amide bonds. The van der Waals surface area contributed by atoms with Crippen LogP contribution in [0.4, 0.5) is 8.78 Å². The van der Waals surface area contributed by atoms with Crippen molar-refractivity contribution in [1.82, 2.24) is 15.0 Å². The lowest BCUT2D eigenvalue weighted by Crippen LogP contribution is -2.38. The molecule has 0 saturated heterocycles. The Hall–Kier alpha value is -1.00. The van der Waals surface area contributed by atoms with E-state index in [0.717, 1.165) is 5.69 Å².